The van der Waals surface area contributed by atoms with Gasteiger partial charge in [0.05, 0.1) is 18.8 Å². The molecule has 0 bridgehead atoms. The van der Waals surface area contributed by atoms with Crippen LogP contribution in [0.2, 0.25) is 0 Å². The molecule has 2 rings (SSSR count). The quantitative estimate of drug-likeness (QED) is 0.776. The van der Waals surface area contributed by atoms with Gasteiger partial charge >= 0.3 is 5.97 Å². The molecular formula is C10H8BrFO3. The number of hydrogen-bond acceptors (Lipinski definition) is 3. The molecule has 15 heavy (non-hydrogen) atoms. The van der Waals surface area contributed by atoms with Gasteiger partial charge in [-0.3, -0.25) is 0 Å². The van der Waals surface area contributed by atoms with E-state index >= 15 is 0 Å². The van der Waals surface area contributed by atoms with Gasteiger partial charge in [0.25, 0.3) is 0 Å². The van der Waals surface area contributed by atoms with Crippen molar-refractivity contribution in [1.29, 1.82) is 0 Å². The van der Waals surface area contributed by atoms with E-state index in [1.807, 2.05) is 0 Å². The highest BCUT2D eigenvalue weighted by atomic mass is 79.9. The summed E-state index contributed by atoms with van der Waals surface area (Å²) >= 11 is 3.16. The second-order valence-corrected chi connectivity index (χ2v) is 4.10. The zero-order chi connectivity index (χ0) is 10.8. The van der Waals surface area contributed by atoms with Gasteiger partial charge in [-0.1, -0.05) is 15.9 Å². The van der Waals surface area contributed by atoms with Crippen molar-refractivity contribution < 1.29 is 18.7 Å². The Morgan fingerprint density at radius 1 is 1.53 bits per heavy atom. The van der Waals surface area contributed by atoms with Crippen LogP contribution in [-0.2, 0) is 9.47 Å². The lowest BCUT2D eigenvalue weighted by atomic mass is 10.2. The molecule has 0 aromatic heterocycles. The smallest absolute Gasteiger partial charge is 0.341 e. The number of hydrogen-bond donors (Lipinski definition) is 0. The van der Waals surface area contributed by atoms with Gasteiger partial charge in [0.15, 0.2) is 0 Å². The van der Waals surface area contributed by atoms with Gasteiger partial charge in [0.2, 0.25) is 0 Å². The van der Waals surface area contributed by atoms with Crippen LogP contribution in [0, 0.1) is 5.82 Å². The molecule has 0 radical (unpaired) electrons. The highest BCUT2D eigenvalue weighted by molar-refractivity contribution is 9.10. The number of halogens is 2. The molecule has 0 atom stereocenters. The summed E-state index contributed by atoms with van der Waals surface area (Å²) in [5.74, 6) is -1.23. The maximum absolute atomic E-state index is 13.2. The predicted molar refractivity (Wildman–Crippen MR) is 54.1 cm³/mol. The predicted octanol–water partition coefficient (Wildman–Crippen LogP) is 2.14. The first-order valence-electron chi connectivity index (χ1n) is 4.40. The lowest BCUT2D eigenvalue weighted by Gasteiger charge is -2.25. The van der Waals surface area contributed by atoms with Crippen molar-refractivity contribution >= 4 is 21.9 Å². The minimum absolute atomic E-state index is 0.0590. The van der Waals surface area contributed by atoms with Crippen LogP contribution in [0.1, 0.15) is 10.4 Å². The van der Waals surface area contributed by atoms with Crippen molar-refractivity contribution in [2.75, 3.05) is 13.2 Å². The van der Waals surface area contributed by atoms with Crippen molar-refractivity contribution in [2.24, 2.45) is 0 Å². The molecule has 0 aliphatic carbocycles. The average Bonchev–Trinajstić information content (AvgIpc) is 2.15. The lowest BCUT2D eigenvalue weighted by molar-refractivity contribution is -0.103. The van der Waals surface area contributed by atoms with Crippen molar-refractivity contribution in [2.45, 2.75) is 6.10 Å². The van der Waals surface area contributed by atoms with Crippen LogP contribution >= 0.6 is 15.9 Å². The Labute approximate surface area is 94.3 Å². The summed E-state index contributed by atoms with van der Waals surface area (Å²) in [4.78, 5) is 11.5. The third-order valence-electron chi connectivity index (χ3n) is 2.03. The van der Waals surface area contributed by atoms with E-state index in [1.165, 1.54) is 18.2 Å². The molecule has 0 N–H and O–H groups in total. The summed E-state index contributed by atoms with van der Waals surface area (Å²) in [6.07, 6.45) is -0.240. The highest BCUT2D eigenvalue weighted by Crippen LogP contribution is 2.18. The van der Waals surface area contributed by atoms with E-state index in [0.29, 0.717) is 17.7 Å². The van der Waals surface area contributed by atoms with Gasteiger partial charge in [0, 0.05) is 4.47 Å². The Bertz CT molecular complexity index is 390. The van der Waals surface area contributed by atoms with Crippen LogP contribution in [0.25, 0.3) is 0 Å². The minimum Gasteiger partial charge on any atom is -0.454 e. The molecule has 3 nitrogen and oxygen atoms in total. The van der Waals surface area contributed by atoms with E-state index in [-0.39, 0.29) is 11.7 Å². The van der Waals surface area contributed by atoms with E-state index in [4.69, 9.17) is 9.47 Å². The molecule has 80 valence electrons. The Kier molecular flexibility index (Phi) is 3.02. The van der Waals surface area contributed by atoms with Crippen LogP contribution in [-0.4, -0.2) is 25.3 Å². The first kappa shape index (κ1) is 10.6. The number of carbonyl (C=O) groups excluding carboxylic acids is 1. The summed E-state index contributed by atoms with van der Waals surface area (Å²) in [5, 5.41) is 0. The van der Waals surface area contributed by atoms with Crippen LogP contribution in [0.4, 0.5) is 4.39 Å². The van der Waals surface area contributed by atoms with Crippen LogP contribution in [0.5, 0.6) is 0 Å². The van der Waals surface area contributed by atoms with Gasteiger partial charge < -0.3 is 9.47 Å². The largest absolute Gasteiger partial charge is 0.454 e. The number of ether oxygens (including phenoxy) is 2. The number of rotatable bonds is 2. The molecule has 0 amide bonds. The number of carbonyl (C=O) groups is 1. The van der Waals surface area contributed by atoms with E-state index in [2.05, 4.69) is 15.9 Å². The van der Waals surface area contributed by atoms with Gasteiger partial charge in [-0.15, -0.1) is 0 Å². The van der Waals surface area contributed by atoms with E-state index in [1.54, 1.807) is 0 Å². The fourth-order valence-corrected chi connectivity index (χ4v) is 1.51. The third kappa shape index (κ3) is 2.35. The molecule has 0 unspecified atom stereocenters. The van der Waals surface area contributed by atoms with Crippen molar-refractivity contribution in [1.82, 2.24) is 0 Å². The summed E-state index contributed by atoms with van der Waals surface area (Å²) in [6.45, 7) is 0.780. The lowest BCUT2D eigenvalue weighted by Crippen LogP contribution is -2.37. The van der Waals surface area contributed by atoms with Crippen LogP contribution in [0.3, 0.4) is 0 Å². The standard InChI is InChI=1S/C10H8BrFO3/c11-6-1-2-9(12)8(3-6)10(13)15-7-4-14-5-7/h1-3,7H,4-5H2. The number of benzene rings is 1. The molecule has 1 fully saturated rings. The first-order valence-corrected chi connectivity index (χ1v) is 5.20. The fourth-order valence-electron chi connectivity index (χ4n) is 1.15. The van der Waals surface area contributed by atoms with Crippen molar-refractivity contribution in [3.63, 3.8) is 0 Å². The molecule has 1 aliphatic rings. The highest BCUT2D eigenvalue weighted by Gasteiger charge is 2.24. The molecule has 1 aromatic rings. The van der Waals surface area contributed by atoms with Crippen LogP contribution in [0.15, 0.2) is 22.7 Å². The molecule has 1 saturated heterocycles. The molecule has 1 aromatic carbocycles. The Hall–Kier alpha value is -0.940. The summed E-state index contributed by atoms with van der Waals surface area (Å²) in [6, 6.07) is 4.15. The summed E-state index contributed by atoms with van der Waals surface area (Å²) in [7, 11) is 0. The summed E-state index contributed by atoms with van der Waals surface area (Å²) < 4.78 is 23.7. The molecule has 1 heterocycles. The zero-order valence-electron chi connectivity index (χ0n) is 7.70. The topological polar surface area (TPSA) is 35.5 Å². The molecule has 1 aliphatic heterocycles. The van der Waals surface area contributed by atoms with Gasteiger partial charge in [0.1, 0.15) is 11.9 Å². The van der Waals surface area contributed by atoms with E-state index < -0.39 is 11.8 Å². The molecule has 0 saturated carbocycles. The second-order valence-electron chi connectivity index (χ2n) is 3.19. The minimum atomic E-state index is -0.651. The first-order chi connectivity index (χ1) is 7.16. The summed E-state index contributed by atoms with van der Waals surface area (Å²) in [5.41, 5.74) is -0.0590. The van der Waals surface area contributed by atoms with Gasteiger partial charge in [-0.25, -0.2) is 9.18 Å². The Balaban J connectivity index is 2.12. The fraction of sp³-hybridized carbons (Fsp3) is 0.300. The number of esters is 1. The maximum Gasteiger partial charge on any atom is 0.341 e. The van der Waals surface area contributed by atoms with E-state index in [0.717, 1.165) is 0 Å². The van der Waals surface area contributed by atoms with Crippen LogP contribution < -0.4 is 0 Å². The van der Waals surface area contributed by atoms with Crippen molar-refractivity contribution in [3.8, 4) is 0 Å². The van der Waals surface area contributed by atoms with Gasteiger partial charge in [-0.2, -0.15) is 0 Å². The van der Waals surface area contributed by atoms with Gasteiger partial charge in [-0.05, 0) is 18.2 Å². The molecular weight excluding hydrogens is 267 g/mol. The average molecular weight is 275 g/mol. The second kappa shape index (κ2) is 4.28. The van der Waals surface area contributed by atoms with Crippen molar-refractivity contribution in [3.05, 3.63) is 34.1 Å². The monoisotopic (exact) mass is 274 g/mol. The molecule has 5 heteroatoms. The zero-order valence-corrected chi connectivity index (χ0v) is 9.29. The normalized spacial score (nSPS) is 15.9. The Morgan fingerprint density at radius 3 is 2.87 bits per heavy atom. The van der Waals surface area contributed by atoms with E-state index in [9.17, 15) is 9.18 Å². The SMILES string of the molecule is O=C(OC1COC1)c1cc(Br)ccc1F. The Morgan fingerprint density at radius 2 is 2.27 bits per heavy atom. The molecule has 0 spiro atoms. The maximum atomic E-state index is 13.2. The third-order valence-corrected chi connectivity index (χ3v) is 2.52.